The number of amides is 5. The molecule has 3 aliphatic rings. The van der Waals surface area contributed by atoms with Crippen molar-refractivity contribution in [2.75, 3.05) is 26.2 Å². The zero-order valence-electron chi connectivity index (χ0n) is 19.6. The van der Waals surface area contributed by atoms with Gasteiger partial charge >= 0.3 is 30.9 Å². The summed E-state index contributed by atoms with van der Waals surface area (Å²) in [7, 11) is -1.57. The molecule has 1 aromatic rings. The molecule has 0 aromatic heterocycles. The Balaban J connectivity index is 1.49. The SMILES string of the molecule is CCN1CCN(C(=O)NC(C(=O)NC2Cc3cccc(C(=O)O)c3OB2O)C2(CO)CC2)C(=O)C1=O. The van der Waals surface area contributed by atoms with Crippen molar-refractivity contribution in [3.8, 4) is 5.75 Å². The highest BCUT2D eigenvalue weighted by molar-refractivity contribution is 6.47. The number of likely N-dealkylation sites (N-methyl/N-ethyl adjacent to an activating group) is 1. The molecule has 2 unspecified atom stereocenters. The highest BCUT2D eigenvalue weighted by Gasteiger charge is 2.54. The third kappa shape index (κ3) is 4.61. The minimum absolute atomic E-state index is 0.0104. The molecule has 2 heterocycles. The number of nitrogens with one attached hydrogen (secondary N) is 2. The topological polar surface area (TPSA) is 186 Å². The molecular weight excluding hydrogens is 475 g/mol. The van der Waals surface area contributed by atoms with Crippen LogP contribution in [0.4, 0.5) is 4.79 Å². The van der Waals surface area contributed by atoms with E-state index in [1.165, 1.54) is 17.0 Å². The van der Waals surface area contributed by atoms with Crippen LogP contribution in [0.2, 0.25) is 0 Å². The van der Waals surface area contributed by atoms with Gasteiger partial charge in [-0.1, -0.05) is 12.1 Å². The number of carbonyl (C=O) groups is 5. The summed E-state index contributed by atoms with van der Waals surface area (Å²) >= 11 is 0. The largest absolute Gasteiger partial charge is 0.547 e. The molecule has 0 spiro atoms. The molecule has 4 rings (SSSR count). The number of rotatable bonds is 7. The molecule has 36 heavy (non-hydrogen) atoms. The lowest BCUT2D eigenvalue weighted by Crippen LogP contribution is -2.63. The normalized spacial score (nSPS) is 21.3. The lowest BCUT2D eigenvalue weighted by molar-refractivity contribution is -0.153. The van der Waals surface area contributed by atoms with Crippen molar-refractivity contribution in [2.24, 2.45) is 5.41 Å². The number of carboxylic acids is 1. The predicted octanol–water partition coefficient (Wildman–Crippen LogP) is -1.63. The zero-order chi connectivity index (χ0) is 26.2. The number of urea groups is 1. The summed E-state index contributed by atoms with van der Waals surface area (Å²) in [6.45, 7) is 1.75. The van der Waals surface area contributed by atoms with Crippen LogP contribution in [0.25, 0.3) is 0 Å². The van der Waals surface area contributed by atoms with E-state index >= 15 is 0 Å². The number of hydrogen-bond acceptors (Lipinski definition) is 8. The molecule has 0 radical (unpaired) electrons. The van der Waals surface area contributed by atoms with Gasteiger partial charge in [0.15, 0.2) is 0 Å². The maximum atomic E-state index is 13.3. The minimum atomic E-state index is -1.57. The first kappa shape index (κ1) is 25.4. The molecule has 14 heteroatoms. The Morgan fingerprint density at radius 2 is 1.94 bits per heavy atom. The fourth-order valence-corrected chi connectivity index (χ4v) is 4.55. The van der Waals surface area contributed by atoms with Gasteiger partial charge < -0.3 is 35.4 Å². The average Bonchev–Trinajstić information content (AvgIpc) is 3.65. The van der Waals surface area contributed by atoms with E-state index in [1.807, 2.05) is 0 Å². The van der Waals surface area contributed by atoms with Gasteiger partial charge in [0, 0.05) is 25.0 Å². The van der Waals surface area contributed by atoms with Crippen LogP contribution in [0.5, 0.6) is 5.75 Å². The fourth-order valence-electron chi connectivity index (χ4n) is 4.55. The van der Waals surface area contributed by atoms with Crippen molar-refractivity contribution < 1.29 is 43.9 Å². The van der Waals surface area contributed by atoms with E-state index in [0.717, 1.165) is 4.90 Å². The minimum Gasteiger partial charge on any atom is -0.534 e. The van der Waals surface area contributed by atoms with Gasteiger partial charge in [-0.25, -0.2) is 9.59 Å². The van der Waals surface area contributed by atoms with Gasteiger partial charge in [0.2, 0.25) is 5.91 Å². The number of piperazine rings is 1. The number of carbonyl (C=O) groups excluding carboxylic acids is 4. The van der Waals surface area contributed by atoms with Crippen LogP contribution in [-0.4, -0.2) is 100 Å². The van der Waals surface area contributed by atoms with E-state index in [1.54, 1.807) is 13.0 Å². The number of hydrogen-bond donors (Lipinski definition) is 5. The van der Waals surface area contributed by atoms with Gasteiger partial charge in [-0.05, 0) is 37.8 Å². The quantitative estimate of drug-likeness (QED) is 0.216. The number of aliphatic hydroxyl groups excluding tert-OH is 1. The van der Waals surface area contributed by atoms with Crippen molar-refractivity contribution in [1.82, 2.24) is 20.4 Å². The second-order valence-corrected chi connectivity index (χ2v) is 9.17. The Morgan fingerprint density at radius 1 is 1.22 bits per heavy atom. The van der Waals surface area contributed by atoms with E-state index < -0.39 is 60.8 Å². The molecule has 1 aliphatic carbocycles. The first-order chi connectivity index (χ1) is 17.1. The Hall–Kier alpha value is -3.65. The average molecular weight is 502 g/mol. The summed E-state index contributed by atoms with van der Waals surface area (Å²) in [6, 6.07) is 2.29. The van der Waals surface area contributed by atoms with E-state index in [0.29, 0.717) is 24.9 Å². The Bertz CT molecular complexity index is 1110. The molecular formula is C22H27BN4O9. The maximum absolute atomic E-state index is 13.3. The Morgan fingerprint density at radius 3 is 2.56 bits per heavy atom. The third-order valence-electron chi connectivity index (χ3n) is 6.96. The van der Waals surface area contributed by atoms with Crippen molar-refractivity contribution in [2.45, 2.75) is 38.2 Å². The summed E-state index contributed by atoms with van der Waals surface area (Å²) < 4.78 is 5.40. The molecule has 2 atom stereocenters. The molecule has 192 valence electrons. The van der Waals surface area contributed by atoms with Crippen LogP contribution < -0.4 is 15.3 Å². The van der Waals surface area contributed by atoms with Crippen molar-refractivity contribution >= 4 is 36.8 Å². The number of fused-ring (bicyclic) bond motifs is 1. The summed E-state index contributed by atoms with van der Waals surface area (Å²) in [5, 5.41) is 34.8. The highest BCUT2D eigenvalue weighted by atomic mass is 16.5. The lowest BCUT2D eigenvalue weighted by Gasteiger charge is -2.35. The molecule has 5 amide bonds. The number of carboxylic acid groups (broad SMARTS) is 1. The van der Waals surface area contributed by atoms with Crippen LogP contribution in [0.1, 0.15) is 35.7 Å². The highest BCUT2D eigenvalue weighted by Crippen LogP contribution is 2.48. The van der Waals surface area contributed by atoms with Crippen LogP contribution in [-0.2, 0) is 20.8 Å². The number of imide groups is 1. The summed E-state index contributed by atoms with van der Waals surface area (Å²) in [5.41, 5.74) is -0.610. The Labute approximate surface area is 206 Å². The molecule has 2 fully saturated rings. The van der Waals surface area contributed by atoms with Crippen LogP contribution >= 0.6 is 0 Å². The molecule has 1 aromatic carbocycles. The first-order valence-electron chi connectivity index (χ1n) is 11.6. The summed E-state index contributed by atoms with van der Waals surface area (Å²) in [5.74, 6) is -4.72. The van der Waals surface area contributed by atoms with Gasteiger partial charge in [0.1, 0.15) is 11.8 Å². The van der Waals surface area contributed by atoms with Gasteiger partial charge in [-0.15, -0.1) is 0 Å². The molecule has 1 saturated carbocycles. The molecule has 13 nitrogen and oxygen atoms in total. The van der Waals surface area contributed by atoms with Gasteiger partial charge in [-0.3, -0.25) is 19.3 Å². The standard InChI is InChI=1S/C22H27BN4O9/c1-2-26-8-9-27(19(31)18(26)30)21(34)25-16(22(11-28)6-7-22)17(29)24-14-10-12-4-3-5-13(20(32)33)15(12)36-23(14)35/h3-5,14,16,28,35H,2,6-11H2,1H3,(H,24,29)(H,25,34)(H,32,33). The monoisotopic (exact) mass is 502 g/mol. The van der Waals surface area contributed by atoms with Crippen LogP contribution in [0.15, 0.2) is 18.2 Å². The molecule has 2 aliphatic heterocycles. The second-order valence-electron chi connectivity index (χ2n) is 9.17. The van der Waals surface area contributed by atoms with Gasteiger partial charge in [0.05, 0.1) is 18.1 Å². The summed E-state index contributed by atoms with van der Waals surface area (Å²) in [4.78, 5) is 64.3. The number of nitrogens with zero attached hydrogens (tertiary/aromatic N) is 2. The van der Waals surface area contributed by atoms with E-state index in [2.05, 4.69) is 10.6 Å². The van der Waals surface area contributed by atoms with E-state index in [4.69, 9.17) is 4.65 Å². The van der Waals surface area contributed by atoms with Gasteiger partial charge in [0.25, 0.3) is 0 Å². The predicted molar refractivity (Wildman–Crippen MR) is 123 cm³/mol. The number of benzene rings is 1. The number of aromatic carboxylic acids is 1. The zero-order valence-corrected chi connectivity index (χ0v) is 19.6. The second kappa shape index (κ2) is 9.78. The number of aliphatic hydroxyl groups is 1. The maximum Gasteiger partial charge on any atom is 0.547 e. The molecule has 5 N–H and O–H groups in total. The van der Waals surface area contributed by atoms with Crippen molar-refractivity contribution in [3.05, 3.63) is 29.3 Å². The van der Waals surface area contributed by atoms with E-state index in [-0.39, 0.29) is 30.8 Å². The number of para-hydroxylation sites is 1. The van der Waals surface area contributed by atoms with Crippen molar-refractivity contribution in [3.63, 3.8) is 0 Å². The van der Waals surface area contributed by atoms with Crippen molar-refractivity contribution in [1.29, 1.82) is 0 Å². The van der Waals surface area contributed by atoms with E-state index in [9.17, 15) is 39.2 Å². The van der Waals surface area contributed by atoms with Gasteiger partial charge in [-0.2, -0.15) is 0 Å². The van der Waals surface area contributed by atoms with Crippen LogP contribution in [0, 0.1) is 5.41 Å². The van der Waals surface area contributed by atoms with Crippen LogP contribution in [0.3, 0.4) is 0 Å². The third-order valence-corrected chi connectivity index (χ3v) is 6.96. The lowest BCUT2D eigenvalue weighted by atomic mass is 9.72. The smallest absolute Gasteiger partial charge is 0.534 e. The fraction of sp³-hybridized carbons (Fsp3) is 0.500. The molecule has 1 saturated heterocycles. The first-order valence-corrected chi connectivity index (χ1v) is 11.6. The summed E-state index contributed by atoms with van der Waals surface area (Å²) in [6.07, 6.45) is 0.932. The Kier molecular flexibility index (Phi) is 6.91. The molecule has 0 bridgehead atoms.